The monoisotopic (exact) mass is 299 g/mol. The molecule has 1 aromatic heterocycles. The number of benzene rings is 1. The summed E-state index contributed by atoms with van der Waals surface area (Å²) in [4.78, 5) is 16.4. The van der Waals surface area contributed by atoms with Gasteiger partial charge in [-0.2, -0.15) is 0 Å². The summed E-state index contributed by atoms with van der Waals surface area (Å²) in [6, 6.07) is 14.8. The van der Waals surface area contributed by atoms with Crippen LogP contribution in [0, 0.1) is 6.92 Å². The summed E-state index contributed by atoms with van der Waals surface area (Å²) in [7, 11) is 0. The number of urea groups is 1. The van der Waals surface area contributed by atoms with Crippen molar-refractivity contribution in [3.05, 3.63) is 59.8 Å². The number of aliphatic hydroxyl groups excluding tert-OH is 1. The molecule has 3 N–H and O–H groups in total. The zero-order valence-electron chi connectivity index (χ0n) is 12.6. The zero-order chi connectivity index (χ0) is 15.8. The molecule has 1 heterocycles. The van der Waals surface area contributed by atoms with Gasteiger partial charge in [0.1, 0.15) is 5.82 Å². The molecule has 2 rings (SSSR count). The Labute approximate surface area is 130 Å². The summed E-state index contributed by atoms with van der Waals surface area (Å²) >= 11 is 0. The molecule has 0 fully saturated rings. The minimum atomic E-state index is -0.301. The van der Waals surface area contributed by atoms with Gasteiger partial charge in [-0.05, 0) is 37.5 Å². The van der Waals surface area contributed by atoms with Gasteiger partial charge in [0.15, 0.2) is 0 Å². The third-order valence-corrected chi connectivity index (χ3v) is 3.29. The average molecular weight is 299 g/mol. The largest absolute Gasteiger partial charge is 0.396 e. The maximum absolute atomic E-state index is 12.1. The van der Waals surface area contributed by atoms with Crippen molar-refractivity contribution in [3.8, 4) is 0 Å². The molecule has 0 unspecified atom stereocenters. The van der Waals surface area contributed by atoms with Crippen LogP contribution in [0.3, 0.4) is 0 Å². The molecule has 0 aliphatic carbocycles. The molecule has 1 atom stereocenters. The van der Waals surface area contributed by atoms with Gasteiger partial charge >= 0.3 is 6.03 Å². The number of nitrogens with one attached hydrogen (secondary N) is 2. The summed E-state index contributed by atoms with van der Waals surface area (Å²) in [6.07, 6.45) is 1.30. The summed E-state index contributed by atoms with van der Waals surface area (Å²) in [5.74, 6) is 0.520. The summed E-state index contributed by atoms with van der Waals surface area (Å²) in [5.41, 5.74) is 1.86. The van der Waals surface area contributed by atoms with Crippen LogP contribution in [0.15, 0.2) is 48.5 Å². The van der Waals surface area contributed by atoms with Crippen LogP contribution in [0.5, 0.6) is 0 Å². The fraction of sp³-hybridized carbons (Fsp3) is 0.294. The summed E-state index contributed by atoms with van der Waals surface area (Å²) in [6.45, 7) is 1.98. The number of aliphatic hydroxyl groups is 1. The highest BCUT2D eigenvalue weighted by molar-refractivity contribution is 5.88. The zero-order valence-corrected chi connectivity index (χ0v) is 12.6. The molecule has 116 valence electrons. The van der Waals surface area contributed by atoms with Crippen molar-refractivity contribution in [3.63, 3.8) is 0 Å². The molecule has 0 bridgehead atoms. The second kappa shape index (κ2) is 8.14. The number of hydrogen-bond donors (Lipinski definition) is 3. The Bertz CT molecular complexity index is 602. The van der Waals surface area contributed by atoms with Crippen LogP contribution < -0.4 is 10.6 Å². The number of pyridine rings is 1. The number of amides is 2. The second-order valence-corrected chi connectivity index (χ2v) is 5.09. The fourth-order valence-corrected chi connectivity index (χ4v) is 2.23. The lowest BCUT2D eigenvalue weighted by Gasteiger charge is -2.19. The van der Waals surface area contributed by atoms with E-state index in [1.165, 1.54) is 0 Å². The van der Waals surface area contributed by atoms with Crippen LogP contribution in [0.25, 0.3) is 0 Å². The standard InChI is InChI=1S/C17H21N3O2/c1-13-7-5-11-16(18-13)20-17(22)19-15(10-6-12-21)14-8-3-2-4-9-14/h2-5,7-9,11,15,21H,6,10,12H2,1H3,(H2,18,19,20,22)/t15-/m0/s1. The van der Waals surface area contributed by atoms with Crippen LogP contribution in [0.2, 0.25) is 0 Å². The fourth-order valence-electron chi connectivity index (χ4n) is 2.23. The molecular weight excluding hydrogens is 278 g/mol. The lowest BCUT2D eigenvalue weighted by atomic mass is 10.0. The van der Waals surface area contributed by atoms with Gasteiger partial charge in [-0.15, -0.1) is 0 Å². The average Bonchev–Trinajstić information content (AvgIpc) is 2.52. The molecule has 1 aromatic carbocycles. The van der Waals surface area contributed by atoms with Crippen molar-refractivity contribution in [2.45, 2.75) is 25.8 Å². The first-order valence-electron chi connectivity index (χ1n) is 7.36. The lowest BCUT2D eigenvalue weighted by Crippen LogP contribution is -2.33. The molecule has 2 aromatic rings. The second-order valence-electron chi connectivity index (χ2n) is 5.09. The van der Waals surface area contributed by atoms with E-state index in [-0.39, 0.29) is 18.7 Å². The van der Waals surface area contributed by atoms with E-state index in [4.69, 9.17) is 5.11 Å². The van der Waals surface area contributed by atoms with Crippen LogP contribution in [0.1, 0.15) is 30.1 Å². The maximum Gasteiger partial charge on any atom is 0.320 e. The quantitative estimate of drug-likeness (QED) is 0.767. The minimum Gasteiger partial charge on any atom is -0.396 e. The molecule has 0 saturated heterocycles. The van der Waals surface area contributed by atoms with E-state index in [1.807, 2.05) is 49.4 Å². The van der Waals surface area contributed by atoms with E-state index in [9.17, 15) is 4.79 Å². The maximum atomic E-state index is 12.1. The van der Waals surface area contributed by atoms with Gasteiger partial charge in [0, 0.05) is 12.3 Å². The van der Waals surface area contributed by atoms with Crippen molar-refractivity contribution < 1.29 is 9.90 Å². The number of carbonyl (C=O) groups is 1. The number of rotatable bonds is 6. The van der Waals surface area contributed by atoms with E-state index in [0.717, 1.165) is 11.3 Å². The third-order valence-electron chi connectivity index (χ3n) is 3.29. The van der Waals surface area contributed by atoms with Crippen LogP contribution in [-0.2, 0) is 0 Å². The molecule has 0 aliphatic rings. The van der Waals surface area contributed by atoms with E-state index >= 15 is 0 Å². The van der Waals surface area contributed by atoms with Gasteiger partial charge in [0.2, 0.25) is 0 Å². The highest BCUT2D eigenvalue weighted by atomic mass is 16.3. The van der Waals surface area contributed by atoms with E-state index in [1.54, 1.807) is 6.07 Å². The van der Waals surface area contributed by atoms with Gasteiger partial charge < -0.3 is 10.4 Å². The smallest absolute Gasteiger partial charge is 0.320 e. The molecule has 0 radical (unpaired) electrons. The lowest BCUT2D eigenvalue weighted by molar-refractivity contribution is 0.243. The van der Waals surface area contributed by atoms with E-state index in [0.29, 0.717) is 18.7 Å². The molecule has 0 spiro atoms. The Balaban J connectivity index is 2.01. The Kier molecular flexibility index (Phi) is 5.91. The van der Waals surface area contributed by atoms with Crippen molar-refractivity contribution in [1.82, 2.24) is 10.3 Å². The number of nitrogens with zero attached hydrogens (tertiary/aromatic N) is 1. The van der Waals surface area contributed by atoms with Gasteiger partial charge in [-0.1, -0.05) is 36.4 Å². The molecule has 22 heavy (non-hydrogen) atoms. The Morgan fingerprint density at radius 2 is 1.95 bits per heavy atom. The van der Waals surface area contributed by atoms with Crippen LogP contribution in [-0.4, -0.2) is 22.7 Å². The van der Waals surface area contributed by atoms with Crippen molar-refractivity contribution in [2.75, 3.05) is 11.9 Å². The van der Waals surface area contributed by atoms with Crippen molar-refractivity contribution in [2.24, 2.45) is 0 Å². The number of hydrogen-bond acceptors (Lipinski definition) is 3. The Morgan fingerprint density at radius 1 is 1.18 bits per heavy atom. The Morgan fingerprint density at radius 3 is 2.64 bits per heavy atom. The molecule has 0 saturated carbocycles. The van der Waals surface area contributed by atoms with Crippen LogP contribution >= 0.6 is 0 Å². The predicted octanol–water partition coefficient (Wildman–Crippen LogP) is 3.03. The number of anilines is 1. The molecule has 2 amide bonds. The SMILES string of the molecule is Cc1cccc(NC(=O)N[C@@H](CCCO)c2ccccc2)n1. The van der Waals surface area contributed by atoms with Gasteiger partial charge in [0.25, 0.3) is 0 Å². The Hall–Kier alpha value is -2.40. The van der Waals surface area contributed by atoms with Crippen molar-refractivity contribution in [1.29, 1.82) is 0 Å². The minimum absolute atomic E-state index is 0.103. The first kappa shape index (κ1) is 16.0. The first-order chi connectivity index (χ1) is 10.7. The summed E-state index contributed by atoms with van der Waals surface area (Å²) < 4.78 is 0. The van der Waals surface area contributed by atoms with Gasteiger partial charge in [-0.3, -0.25) is 5.32 Å². The highest BCUT2D eigenvalue weighted by Gasteiger charge is 2.14. The van der Waals surface area contributed by atoms with E-state index in [2.05, 4.69) is 15.6 Å². The normalized spacial score (nSPS) is 11.7. The number of carbonyl (C=O) groups excluding carboxylic acids is 1. The third kappa shape index (κ3) is 4.86. The molecule has 0 aliphatic heterocycles. The molecular formula is C17H21N3O2. The topological polar surface area (TPSA) is 74.2 Å². The molecule has 5 heteroatoms. The summed E-state index contributed by atoms with van der Waals surface area (Å²) in [5, 5.41) is 14.7. The van der Waals surface area contributed by atoms with Gasteiger partial charge in [0.05, 0.1) is 6.04 Å². The van der Waals surface area contributed by atoms with E-state index < -0.39 is 0 Å². The number of aryl methyl sites for hydroxylation is 1. The van der Waals surface area contributed by atoms with Crippen molar-refractivity contribution >= 4 is 11.8 Å². The predicted molar refractivity (Wildman–Crippen MR) is 86.6 cm³/mol. The van der Waals surface area contributed by atoms with Crippen LogP contribution in [0.4, 0.5) is 10.6 Å². The number of aromatic nitrogens is 1. The van der Waals surface area contributed by atoms with Gasteiger partial charge in [-0.25, -0.2) is 9.78 Å². The first-order valence-corrected chi connectivity index (χ1v) is 7.36. The highest BCUT2D eigenvalue weighted by Crippen LogP contribution is 2.18. The molecule has 5 nitrogen and oxygen atoms in total.